The Morgan fingerprint density at radius 1 is 1.45 bits per heavy atom. The van der Waals surface area contributed by atoms with E-state index in [1.54, 1.807) is 0 Å². The average molecular weight is 309 g/mol. The Morgan fingerprint density at radius 2 is 2.18 bits per heavy atom. The van der Waals surface area contributed by atoms with Gasteiger partial charge in [0.05, 0.1) is 7.11 Å². The minimum absolute atomic E-state index is 0.124. The lowest BCUT2D eigenvalue weighted by molar-refractivity contribution is -0.152. The molecule has 1 saturated heterocycles. The lowest BCUT2D eigenvalue weighted by Gasteiger charge is -2.28. The third kappa shape index (κ3) is 3.16. The molecule has 2 N–H and O–H groups in total. The van der Waals surface area contributed by atoms with Gasteiger partial charge in [-0.05, 0) is 17.7 Å². The quantitative estimate of drug-likeness (QED) is 0.777. The van der Waals surface area contributed by atoms with Gasteiger partial charge < -0.3 is 20.3 Å². The molecule has 0 bridgehead atoms. The number of rotatable bonds is 4. The molecule has 0 spiro atoms. The molecular weight excluding hydrogens is 293 g/mol. The average Bonchev–Trinajstić information content (AvgIpc) is 2.93. The Morgan fingerprint density at radius 3 is 2.73 bits per heavy atom. The summed E-state index contributed by atoms with van der Waals surface area (Å²) in [7, 11) is 2.59. The van der Waals surface area contributed by atoms with Crippen LogP contribution < -0.4 is 10.6 Å². The number of likely N-dealkylation sites (N-methyl/N-ethyl adjacent to an activating group) is 1. The second-order valence-electron chi connectivity index (χ2n) is 4.84. The summed E-state index contributed by atoms with van der Waals surface area (Å²) in [6, 6.07) is 3.05. The van der Waals surface area contributed by atoms with Gasteiger partial charge in [-0.1, -0.05) is 12.1 Å². The molecule has 1 aromatic carbocycles. The zero-order chi connectivity index (χ0) is 16.3. The summed E-state index contributed by atoms with van der Waals surface area (Å²) in [5.74, 6) is -1.69. The molecule has 8 heteroatoms. The Labute approximate surface area is 126 Å². The number of ether oxygens (including phenoxy) is 1. The van der Waals surface area contributed by atoms with Crippen molar-refractivity contribution in [1.29, 1.82) is 0 Å². The first-order valence-electron chi connectivity index (χ1n) is 6.58. The standard InChI is InChI=1S/C14H16FN3O4/c1-18(12(19)10-7-16-14(21)17-10)11(13(20)22-2)8-4-3-5-9(15)6-8/h3-6,10-11H,7H2,1-2H3,(H2,16,17,21)/t10-,11?/m0/s1. The normalized spacial score (nSPS) is 18.1. The highest BCUT2D eigenvalue weighted by atomic mass is 19.1. The van der Waals surface area contributed by atoms with Crippen molar-refractivity contribution in [3.05, 3.63) is 35.6 Å². The van der Waals surface area contributed by atoms with Crippen LogP contribution in [0, 0.1) is 5.82 Å². The second kappa shape index (κ2) is 6.42. The van der Waals surface area contributed by atoms with E-state index in [2.05, 4.69) is 10.6 Å². The zero-order valence-corrected chi connectivity index (χ0v) is 12.1. The van der Waals surface area contributed by atoms with Crippen LogP contribution in [-0.2, 0) is 14.3 Å². The van der Waals surface area contributed by atoms with Gasteiger partial charge in [-0.25, -0.2) is 14.0 Å². The number of carbonyl (C=O) groups is 3. The molecule has 2 rings (SSSR count). The van der Waals surface area contributed by atoms with Gasteiger partial charge >= 0.3 is 12.0 Å². The molecule has 0 radical (unpaired) electrons. The Kier molecular flexibility index (Phi) is 4.59. The van der Waals surface area contributed by atoms with E-state index in [1.165, 1.54) is 32.4 Å². The van der Waals surface area contributed by atoms with Gasteiger partial charge in [0.1, 0.15) is 11.9 Å². The van der Waals surface area contributed by atoms with Crippen molar-refractivity contribution in [2.24, 2.45) is 0 Å². The highest BCUT2D eigenvalue weighted by molar-refractivity contribution is 5.93. The van der Waals surface area contributed by atoms with Crippen LogP contribution in [0.5, 0.6) is 0 Å². The Bertz CT molecular complexity index is 608. The summed E-state index contributed by atoms with van der Waals surface area (Å²) < 4.78 is 18.1. The summed E-state index contributed by atoms with van der Waals surface area (Å²) in [6.07, 6.45) is 0. The van der Waals surface area contributed by atoms with Crippen LogP contribution in [0.2, 0.25) is 0 Å². The first-order chi connectivity index (χ1) is 10.4. The Hall–Kier alpha value is -2.64. The van der Waals surface area contributed by atoms with Crippen LogP contribution in [0.15, 0.2) is 24.3 Å². The molecule has 1 aliphatic heterocycles. The lowest BCUT2D eigenvalue weighted by Crippen LogP contribution is -2.47. The number of carbonyl (C=O) groups excluding carboxylic acids is 3. The lowest BCUT2D eigenvalue weighted by atomic mass is 10.0. The van der Waals surface area contributed by atoms with Crippen molar-refractivity contribution in [3.63, 3.8) is 0 Å². The number of halogens is 1. The third-order valence-electron chi connectivity index (χ3n) is 3.39. The smallest absolute Gasteiger partial charge is 0.333 e. The fraction of sp³-hybridized carbons (Fsp3) is 0.357. The summed E-state index contributed by atoms with van der Waals surface area (Å²) in [4.78, 5) is 36.6. The molecule has 0 aliphatic carbocycles. The van der Waals surface area contributed by atoms with Gasteiger partial charge in [0.25, 0.3) is 0 Å². The Balaban J connectivity index is 2.27. The number of nitrogens with zero attached hydrogens (tertiary/aromatic N) is 1. The van der Waals surface area contributed by atoms with Gasteiger partial charge in [0.2, 0.25) is 5.91 Å². The number of esters is 1. The summed E-state index contributed by atoms with van der Waals surface area (Å²) in [5.41, 5.74) is 0.292. The third-order valence-corrected chi connectivity index (χ3v) is 3.39. The van der Waals surface area contributed by atoms with Crippen molar-refractivity contribution in [1.82, 2.24) is 15.5 Å². The van der Waals surface area contributed by atoms with Gasteiger partial charge in [0, 0.05) is 13.6 Å². The van der Waals surface area contributed by atoms with Crippen molar-refractivity contribution >= 4 is 17.9 Å². The summed E-state index contributed by atoms with van der Waals surface area (Å²) in [5, 5.41) is 4.90. The number of amides is 3. The molecule has 1 fully saturated rings. The first kappa shape index (κ1) is 15.7. The van der Waals surface area contributed by atoms with Crippen LogP contribution in [0.1, 0.15) is 11.6 Å². The largest absolute Gasteiger partial charge is 0.467 e. The van der Waals surface area contributed by atoms with Crippen molar-refractivity contribution < 1.29 is 23.5 Å². The minimum Gasteiger partial charge on any atom is -0.467 e. The second-order valence-corrected chi connectivity index (χ2v) is 4.84. The first-order valence-corrected chi connectivity index (χ1v) is 6.58. The van der Waals surface area contributed by atoms with E-state index in [4.69, 9.17) is 4.74 Å². The molecule has 7 nitrogen and oxygen atoms in total. The fourth-order valence-electron chi connectivity index (χ4n) is 2.28. The molecule has 0 aromatic heterocycles. The van der Waals surface area contributed by atoms with Crippen LogP contribution >= 0.6 is 0 Å². The molecule has 1 heterocycles. The maximum atomic E-state index is 13.4. The number of nitrogens with one attached hydrogen (secondary N) is 2. The number of hydrogen-bond donors (Lipinski definition) is 2. The van der Waals surface area contributed by atoms with Gasteiger partial charge in [-0.15, -0.1) is 0 Å². The highest BCUT2D eigenvalue weighted by Gasteiger charge is 2.36. The maximum absolute atomic E-state index is 13.4. The molecule has 1 unspecified atom stereocenters. The van der Waals surface area contributed by atoms with Crippen molar-refractivity contribution in [2.45, 2.75) is 12.1 Å². The SMILES string of the molecule is COC(=O)C(c1cccc(F)c1)N(C)C(=O)[C@@H]1CNC(=O)N1. The summed E-state index contributed by atoms with van der Waals surface area (Å²) in [6.45, 7) is 0.124. The van der Waals surface area contributed by atoms with Crippen LogP contribution in [0.25, 0.3) is 0 Å². The van der Waals surface area contributed by atoms with Gasteiger partial charge in [0.15, 0.2) is 6.04 Å². The van der Waals surface area contributed by atoms with E-state index in [0.717, 1.165) is 11.0 Å². The predicted octanol–water partition coefficient (Wildman–Crippen LogP) is 0.180. The zero-order valence-electron chi connectivity index (χ0n) is 12.1. The van der Waals surface area contributed by atoms with Crippen LogP contribution in [0.4, 0.5) is 9.18 Å². The van der Waals surface area contributed by atoms with Crippen LogP contribution in [0.3, 0.4) is 0 Å². The molecule has 118 valence electrons. The predicted molar refractivity (Wildman–Crippen MR) is 74.2 cm³/mol. The van der Waals surface area contributed by atoms with E-state index < -0.39 is 35.8 Å². The highest BCUT2D eigenvalue weighted by Crippen LogP contribution is 2.22. The minimum atomic E-state index is -1.09. The van der Waals surface area contributed by atoms with E-state index >= 15 is 0 Å². The number of benzene rings is 1. The van der Waals surface area contributed by atoms with Crippen molar-refractivity contribution in [2.75, 3.05) is 20.7 Å². The maximum Gasteiger partial charge on any atom is 0.333 e. The van der Waals surface area contributed by atoms with Gasteiger partial charge in [-0.2, -0.15) is 0 Å². The molecule has 22 heavy (non-hydrogen) atoms. The molecule has 1 aromatic rings. The monoisotopic (exact) mass is 309 g/mol. The number of urea groups is 1. The van der Waals surface area contributed by atoms with Crippen LogP contribution in [-0.4, -0.2) is 49.6 Å². The van der Waals surface area contributed by atoms with Gasteiger partial charge in [-0.3, -0.25) is 4.79 Å². The number of hydrogen-bond acceptors (Lipinski definition) is 4. The molecule has 3 amide bonds. The number of methoxy groups -OCH3 is 1. The van der Waals surface area contributed by atoms with E-state index in [1.807, 2.05) is 0 Å². The molecule has 2 atom stereocenters. The van der Waals surface area contributed by atoms with E-state index in [0.29, 0.717) is 5.56 Å². The fourth-order valence-corrected chi connectivity index (χ4v) is 2.28. The topological polar surface area (TPSA) is 87.7 Å². The molecule has 1 aliphatic rings. The van der Waals surface area contributed by atoms with Crippen molar-refractivity contribution in [3.8, 4) is 0 Å². The van der Waals surface area contributed by atoms with E-state index in [-0.39, 0.29) is 6.54 Å². The summed E-state index contributed by atoms with van der Waals surface area (Å²) >= 11 is 0. The molecular formula is C14H16FN3O4. The van der Waals surface area contributed by atoms with E-state index in [9.17, 15) is 18.8 Å². The molecule has 0 saturated carbocycles.